The summed E-state index contributed by atoms with van der Waals surface area (Å²) >= 11 is 0. The summed E-state index contributed by atoms with van der Waals surface area (Å²) in [5, 5.41) is 21.6. The van der Waals surface area contributed by atoms with Crippen LogP contribution in [0.1, 0.15) is 29.8 Å². The third-order valence-electron chi connectivity index (χ3n) is 5.06. The van der Waals surface area contributed by atoms with Crippen LogP contribution in [0.4, 0.5) is 8.78 Å². The van der Waals surface area contributed by atoms with E-state index in [0.29, 0.717) is 28.1 Å². The Hall–Kier alpha value is -3.72. The lowest BCUT2D eigenvalue weighted by Crippen LogP contribution is -2.31. The number of cyclic esters (lactones) is 1. The lowest BCUT2D eigenvalue weighted by molar-refractivity contribution is -0.156. The van der Waals surface area contributed by atoms with Crippen LogP contribution in [0.25, 0.3) is 11.1 Å². The van der Waals surface area contributed by atoms with E-state index in [-0.39, 0.29) is 12.8 Å². The van der Waals surface area contributed by atoms with Gasteiger partial charge in [0.15, 0.2) is 5.82 Å². The molecule has 0 amide bonds. The van der Waals surface area contributed by atoms with Gasteiger partial charge in [-0.1, -0.05) is 30.3 Å². The van der Waals surface area contributed by atoms with E-state index in [0.717, 1.165) is 0 Å². The molecule has 1 saturated heterocycles. The lowest BCUT2D eigenvalue weighted by Gasteiger charge is -2.23. The van der Waals surface area contributed by atoms with E-state index in [9.17, 15) is 18.7 Å². The maximum absolute atomic E-state index is 13.6. The molecule has 164 valence electrons. The van der Waals surface area contributed by atoms with Crippen LogP contribution in [-0.4, -0.2) is 43.5 Å². The van der Waals surface area contributed by atoms with Crippen LogP contribution >= 0.6 is 0 Å². The fourth-order valence-electron chi connectivity index (χ4n) is 3.57. The minimum absolute atomic E-state index is 0.0450. The zero-order chi connectivity index (χ0) is 22.7. The van der Waals surface area contributed by atoms with Crippen molar-refractivity contribution >= 4 is 17.1 Å². The summed E-state index contributed by atoms with van der Waals surface area (Å²) in [6.07, 6.45) is 2.14. The molecule has 0 saturated carbocycles. The number of carbonyl (C=O) groups excluding carboxylic acids is 1. The molecule has 7 nitrogen and oxygen atoms in total. The number of carbonyl (C=O) groups is 1. The van der Waals surface area contributed by atoms with Crippen LogP contribution in [0, 0.1) is 11.6 Å². The Morgan fingerprint density at radius 2 is 1.69 bits per heavy atom. The molecule has 0 radical (unpaired) electrons. The number of benzene rings is 2. The summed E-state index contributed by atoms with van der Waals surface area (Å²) in [7, 11) is 1.67. The Morgan fingerprint density at radius 1 is 1.09 bits per heavy atom. The van der Waals surface area contributed by atoms with Gasteiger partial charge in [-0.25, -0.2) is 13.5 Å². The van der Waals surface area contributed by atoms with E-state index < -0.39 is 29.8 Å². The Morgan fingerprint density at radius 3 is 2.19 bits per heavy atom. The van der Waals surface area contributed by atoms with Crippen molar-refractivity contribution in [2.75, 3.05) is 0 Å². The summed E-state index contributed by atoms with van der Waals surface area (Å²) in [4.78, 5) is 11.7. The highest BCUT2D eigenvalue weighted by Gasteiger charge is 2.26. The number of esters is 1. The molecule has 0 unspecified atom stereocenters. The minimum atomic E-state index is -0.788. The second-order valence-corrected chi connectivity index (χ2v) is 7.41. The molecule has 1 aliphatic heterocycles. The summed E-state index contributed by atoms with van der Waals surface area (Å²) in [6.45, 7) is 0. The Kier molecular flexibility index (Phi) is 6.18. The van der Waals surface area contributed by atoms with Crippen molar-refractivity contribution in [2.45, 2.75) is 25.0 Å². The van der Waals surface area contributed by atoms with Gasteiger partial charge in [0.05, 0.1) is 12.5 Å². The Balaban J connectivity index is 1.90. The Labute approximate surface area is 182 Å². The van der Waals surface area contributed by atoms with Crippen LogP contribution in [0.2, 0.25) is 0 Å². The number of aliphatic hydroxyl groups excluding tert-OH is 1. The predicted molar refractivity (Wildman–Crippen MR) is 112 cm³/mol. The number of aryl methyl sites for hydroxylation is 1. The molecule has 32 heavy (non-hydrogen) atoms. The minimum Gasteiger partial charge on any atom is -0.458 e. The third-order valence-corrected chi connectivity index (χ3v) is 5.06. The molecular formula is C23H20F2N4O3. The van der Waals surface area contributed by atoms with Gasteiger partial charge in [-0.15, -0.1) is 5.10 Å². The number of allylic oxidation sites excluding steroid dienone is 2. The molecule has 2 heterocycles. The molecule has 0 aliphatic carbocycles. The topological polar surface area (TPSA) is 90.1 Å². The van der Waals surface area contributed by atoms with Crippen LogP contribution in [0.15, 0.2) is 60.7 Å². The van der Waals surface area contributed by atoms with Crippen LogP contribution in [-0.2, 0) is 16.6 Å². The van der Waals surface area contributed by atoms with Gasteiger partial charge in [-0.3, -0.25) is 4.79 Å². The van der Waals surface area contributed by atoms with Crippen molar-refractivity contribution in [1.82, 2.24) is 20.2 Å². The molecule has 1 aromatic heterocycles. The van der Waals surface area contributed by atoms with Gasteiger partial charge in [-0.05, 0) is 57.5 Å². The summed E-state index contributed by atoms with van der Waals surface area (Å²) < 4.78 is 34.0. The highest BCUT2D eigenvalue weighted by atomic mass is 19.1. The van der Waals surface area contributed by atoms with Crippen molar-refractivity contribution in [3.8, 4) is 0 Å². The van der Waals surface area contributed by atoms with Gasteiger partial charge in [-0.2, -0.15) is 0 Å². The predicted octanol–water partition coefficient (Wildman–Crippen LogP) is 3.07. The van der Waals surface area contributed by atoms with Gasteiger partial charge in [0, 0.05) is 19.0 Å². The molecular weight excluding hydrogens is 418 g/mol. The molecule has 0 spiro atoms. The second-order valence-electron chi connectivity index (χ2n) is 7.41. The maximum atomic E-state index is 13.6. The zero-order valence-electron chi connectivity index (χ0n) is 17.2. The van der Waals surface area contributed by atoms with E-state index in [1.807, 2.05) is 0 Å². The maximum Gasteiger partial charge on any atom is 0.309 e. The highest BCUT2D eigenvalue weighted by molar-refractivity contribution is 6.00. The van der Waals surface area contributed by atoms with Crippen molar-refractivity contribution < 1.29 is 23.4 Å². The van der Waals surface area contributed by atoms with Crippen molar-refractivity contribution in [1.29, 1.82) is 0 Å². The number of aromatic nitrogens is 4. The number of halogens is 2. The van der Waals surface area contributed by atoms with Gasteiger partial charge in [0.25, 0.3) is 0 Å². The van der Waals surface area contributed by atoms with Crippen LogP contribution in [0.5, 0.6) is 0 Å². The van der Waals surface area contributed by atoms with Gasteiger partial charge in [0.2, 0.25) is 0 Å². The molecule has 0 bridgehead atoms. The van der Waals surface area contributed by atoms with Crippen molar-refractivity contribution in [3.05, 3.63) is 89.3 Å². The molecule has 9 heteroatoms. The molecule has 1 N–H and O–H groups in total. The molecule has 2 atom stereocenters. The number of hydrogen-bond acceptors (Lipinski definition) is 6. The number of ether oxygens (including phenoxy) is 1. The number of aliphatic hydroxyl groups is 1. The number of hydrogen-bond donors (Lipinski definition) is 1. The smallest absolute Gasteiger partial charge is 0.309 e. The monoisotopic (exact) mass is 438 g/mol. The largest absolute Gasteiger partial charge is 0.458 e. The van der Waals surface area contributed by atoms with Crippen LogP contribution in [0.3, 0.4) is 0 Å². The number of nitrogens with zero attached hydrogens (tertiary/aromatic N) is 4. The van der Waals surface area contributed by atoms with Crippen molar-refractivity contribution in [2.24, 2.45) is 7.05 Å². The highest BCUT2D eigenvalue weighted by Crippen LogP contribution is 2.33. The normalized spacial score (nSPS) is 18.6. The first-order valence-electron chi connectivity index (χ1n) is 9.95. The summed E-state index contributed by atoms with van der Waals surface area (Å²) in [5.74, 6) is -0.880. The fraction of sp³-hybridized carbons (Fsp3) is 0.217. The van der Waals surface area contributed by atoms with E-state index in [1.54, 1.807) is 43.5 Å². The number of tetrazole rings is 1. The Bertz CT molecular complexity index is 1120. The van der Waals surface area contributed by atoms with E-state index in [2.05, 4.69) is 15.5 Å². The van der Waals surface area contributed by atoms with E-state index in [1.165, 1.54) is 28.9 Å². The second kappa shape index (κ2) is 9.19. The third kappa shape index (κ3) is 4.78. The molecule has 1 aliphatic rings. The van der Waals surface area contributed by atoms with Gasteiger partial charge >= 0.3 is 5.97 Å². The zero-order valence-corrected chi connectivity index (χ0v) is 17.2. The first-order chi connectivity index (χ1) is 15.4. The quantitative estimate of drug-likeness (QED) is 0.487. The summed E-state index contributed by atoms with van der Waals surface area (Å²) in [5.41, 5.74) is 2.48. The van der Waals surface area contributed by atoms with Gasteiger partial charge in [0.1, 0.15) is 17.7 Å². The lowest BCUT2D eigenvalue weighted by atomic mass is 9.91. The standard InChI is InChI=1S/C23H20F2N4O3/c1-29-23(26-27-28-29)20(11-10-19-12-18(30)13-21(31)32-19)22(14-2-6-16(24)7-3-14)15-4-8-17(25)9-5-15/h2-11,18-19,30H,12-13H2,1H3/b11-10+/t18-,19+/m1/s1. The average molecular weight is 438 g/mol. The molecule has 1 fully saturated rings. The van der Waals surface area contributed by atoms with Gasteiger partial charge < -0.3 is 9.84 Å². The SMILES string of the molecule is Cn1nnnc1C(/C=C/[C@H]1C[C@@H](O)CC(=O)O1)=C(c1ccc(F)cc1)c1ccc(F)cc1. The summed E-state index contributed by atoms with van der Waals surface area (Å²) in [6, 6.07) is 11.7. The first kappa shape index (κ1) is 21.5. The van der Waals surface area contributed by atoms with E-state index in [4.69, 9.17) is 4.74 Å². The molecule has 2 aromatic carbocycles. The first-order valence-corrected chi connectivity index (χ1v) is 9.95. The van der Waals surface area contributed by atoms with Crippen LogP contribution < -0.4 is 0 Å². The number of rotatable bonds is 5. The van der Waals surface area contributed by atoms with Crippen molar-refractivity contribution in [3.63, 3.8) is 0 Å². The van der Waals surface area contributed by atoms with E-state index >= 15 is 0 Å². The fourth-order valence-corrected chi connectivity index (χ4v) is 3.57. The molecule has 4 rings (SSSR count). The molecule has 3 aromatic rings. The average Bonchev–Trinajstić information content (AvgIpc) is 3.18.